The highest BCUT2D eigenvalue weighted by Gasteiger charge is 2.27. The van der Waals surface area contributed by atoms with Gasteiger partial charge in [-0.3, -0.25) is 14.8 Å². The van der Waals surface area contributed by atoms with Crippen molar-refractivity contribution in [1.29, 1.82) is 0 Å². The molecular weight excluding hydrogens is 430 g/mol. The molecule has 0 unspecified atom stereocenters. The molecule has 1 saturated heterocycles. The molecule has 0 bridgehead atoms. The number of hydrogen-bond donors (Lipinski definition) is 1. The van der Waals surface area contributed by atoms with Crippen LogP contribution in [-0.4, -0.2) is 39.2 Å². The molecule has 0 spiro atoms. The van der Waals surface area contributed by atoms with Crippen molar-refractivity contribution in [3.8, 4) is 0 Å². The third kappa shape index (κ3) is 4.79. The molecule has 1 N–H and O–H groups in total. The van der Waals surface area contributed by atoms with E-state index in [0.29, 0.717) is 18.7 Å². The highest BCUT2D eigenvalue weighted by Crippen LogP contribution is 2.27. The molecule has 0 aliphatic carbocycles. The van der Waals surface area contributed by atoms with Crippen LogP contribution in [0.4, 0.5) is 11.4 Å². The van der Waals surface area contributed by atoms with Crippen molar-refractivity contribution >= 4 is 31.4 Å². The van der Waals surface area contributed by atoms with Crippen molar-refractivity contribution < 1.29 is 21.8 Å². The first-order chi connectivity index (χ1) is 14.1. The number of nitrogens with zero attached hydrogens (tertiary/aromatic N) is 2. The third-order valence-corrected chi connectivity index (χ3v) is 8.42. The van der Waals surface area contributed by atoms with Gasteiger partial charge in [0.2, 0.25) is 10.0 Å². The van der Waals surface area contributed by atoms with Gasteiger partial charge in [0.15, 0.2) is 0 Å². The van der Waals surface area contributed by atoms with Gasteiger partial charge in [0, 0.05) is 25.2 Å². The zero-order valence-electron chi connectivity index (χ0n) is 16.4. The van der Waals surface area contributed by atoms with Crippen LogP contribution in [0.25, 0.3) is 0 Å². The summed E-state index contributed by atoms with van der Waals surface area (Å²) in [5.41, 5.74) is 0.403. The molecule has 1 aliphatic heterocycles. The SMILES string of the molecule is Cc1ccc(NS(=O)(=O)c2ccc([N+](=O)[O-])cc2)cc1S(=O)(=O)N1CCCCCC1. The fourth-order valence-electron chi connectivity index (χ4n) is 3.32. The van der Waals surface area contributed by atoms with Gasteiger partial charge < -0.3 is 0 Å². The Kier molecular flexibility index (Phi) is 6.44. The van der Waals surface area contributed by atoms with Gasteiger partial charge in [-0.05, 0) is 49.6 Å². The minimum Gasteiger partial charge on any atom is -0.280 e. The Morgan fingerprint density at radius 3 is 2.10 bits per heavy atom. The van der Waals surface area contributed by atoms with Gasteiger partial charge in [-0.15, -0.1) is 0 Å². The highest BCUT2D eigenvalue weighted by molar-refractivity contribution is 7.92. The summed E-state index contributed by atoms with van der Waals surface area (Å²) in [6.07, 6.45) is 3.57. The molecule has 0 atom stereocenters. The maximum atomic E-state index is 13.1. The molecule has 3 rings (SSSR count). The molecule has 2 aromatic carbocycles. The summed E-state index contributed by atoms with van der Waals surface area (Å²) in [4.78, 5) is 10.0. The lowest BCUT2D eigenvalue weighted by Crippen LogP contribution is -2.32. The number of rotatable bonds is 6. The van der Waals surface area contributed by atoms with Gasteiger partial charge in [-0.2, -0.15) is 4.31 Å². The molecule has 0 radical (unpaired) electrons. The number of anilines is 1. The standard InChI is InChI=1S/C19H23N3O6S2/c1-15-6-7-16(14-19(15)30(27,28)21-12-4-2-3-5-13-21)20-29(25,26)18-10-8-17(9-11-18)22(23)24/h6-11,14,20H,2-5,12-13H2,1H3. The zero-order valence-corrected chi connectivity index (χ0v) is 18.1. The molecule has 9 nitrogen and oxygen atoms in total. The molecule has 2 aromatic rings. The minimum absolute atomic E-state index is 0.0632. The lowest BCUT2D eigenvalue weighted by atomic mass is 10.2. The Bertz CT molecular complexity index is 1140. The molecule has 1 heterocycles. The first kappa shape index (κ1) is 22.2. The Morgan fingerprint density at radius 2 is 1.53 bits per heavy atom. The monoisotopic (exact) mass is 453 g/mol. The molecule has 0 aromatic heterocycles. The van der Waals surface area contributed by atoms with Crippen LogP contribution in [0, 0.1) is 17.0 Å². The van der Waals surface area contributed by atoms with Crippen LogP contribution in [-0.2, 0) is 20.0 Å². The van der Waals surface area contributed by atoms with E-state index in [9.17, 15) is 26.9 Å². The summed E-state index contributed by atoms with van der Waals surface area (Å²) >= 11 is 0. The molecule has 162 valence electrons. The fraction of sp³-hybridized carbons (Fsp3) is 0.368. The van der Waals surface area contributed by atoms with Gasteiger partial charge in [0.05, 0.1) is 20.4 Å². The molecule has 0 amide bonds. The van der Waals surface area contributed by atoms with E-state index < -0.39 is 25.0 Å². The van der Waals surface area contributed by atoms with E-state index >= 15 is 0 Å². The number of non-ortho nitro benzene ring substituents is 1. The highest BCUT2D eigenvalue weighted by atomic mass is 32.2. The van der Waals surface area contributed by atoms with Crippen LogP contribution in [0.15, 0.2) is 52.3 Å². The van der Waals surface area contributed by atoms with Crippen molar-refractivity contribution in [2.24, 2.45) is 0 Å². The van der Waals surface area contributed by atoms with Gasteiger partial charge in [-0.25, -0.2) is 16.8 Å². The maximum Gasteiger partial charge on any atom is 0.269 e. The van der Waals surface area contributed by atoms with Gasteiger partial charge in [-0.1, -0.05) is 18.9 Å². The molecule has 11 heteroatoms. The molecule has 1 fully saturated rings. The van der Waals surface area contributed by atoms with E-state index in [0.717, 1.165) is 49.9 Å². The smallest absolute Gasteiger partial charge is 0.269 e. The predicted octanol–water partition coefficient (Wildman–Crippen LogP) is 3.27. The van der Waals surface area contributed by atoms with Crippen molar-refractivity contribution in [2.45, 2.75) is 42.4 Å². The van der Waals surface area contributed by atoms with Crippen molar-refractivity contribution in [3.05, 3.63) is 58.1 Å². The Labute approximate surface area is 176 Å². The number of nitrogens with one attached hydrogen (secondary N) is 1. The molecule has 1 aliphatic rings. The average Bonchev–Trinajstić information content (AvgIpc) is 2.99. The van der Waals surface area contributed by atoms with E-state index in [1.807, 2.05) is 0 Å². The number of benzene rings is 2. The topological polar surface area (TPSA) is 127 Å². The summed E-state index contributed by atoms with van der Waals surface area (Å²) in [6, 6.07) is 8.81. The largest absolute Gasteiger partial charge is 0.280 e. The summed E-state index contributed by atoms with van der Waals surface area (Å²) in [5.74, 6) is 0. The minimum atomic E-state index is -4.04. The number of nitro benzene ring substituents is 1. The zero-order chi connectivity index (χ0) is 21.9. The molecule has 30 heavy (non-hydrogen) atoms. The Hall–Kier alpha value is -2.50. The Balaban J connectivity index is 1.90. The van der Waals surface area contributed by atoms with Crippen molar-refractivity contribution in [2.75, 3.05) is 17.8 Å². The number of sulfonamides is 2. The lowest BCUT2D eigenvalue weighted by molar-refractivity contribution is -0.384. The first-order valence-corrected chi connectivity index (χ1v) is 12.4. The molecular formula is C19H23N3O6S2. The van der Waals surface area contributed by atoms with E-state index in [-0.39, 0.29) is 21.2 Å². The number of aryl methyl sites for hydroxylation is 1. The van der Waals surface area contributed by atoms with Gasteiger partial charge in [0.25, 0.3) is 15.7 Å². The van der Waals surface area contributed by atoms with Crippen LogP contribution in [0.1, 0.15) is 31.2 Å². The van der Waals surface area contributed by atoms with Gasteiger partial charge in [0.1, 0.15) is 0 Å². The van der Waals surface area contributed by atoms with Crippen LogP contribution >= 0.6 is 0 Å². The van der Waals surface area contributed by atoms with E-state index in [1.165, 1.54) is 16.4 Å². The van der Waals surface area contributed by atoms with Gasteiger partial charge >= 0.3 is 0 Å². The molecule has 0 saturated carbocycles. The van der Waals surface area contributed by atoms with E-state index in [1.54, 1.807) is 13.0 Å². The fourth-order valence-corrected chi connectivity index (χ4v) is 6.14. The lowest BCUT2D eigenvalue weighted by Gasteiger charge is -2.21. The third-order valence-electron chi connectivity index (χ3n) is 4.98. The van der Waals surface area contributed by atoms with Crippen LogP contribution in [0.2, 0.25) is 0 Å². The van der Waals surface area contributed by atoms with Crippen LogP contribution in [0.3, 0.4) is 0 Å². The predicted molar refractivity (Wildman–Crippen MR) is 112 cm³/mol. The van der Waals surface area contributed by atoms with Crippen LogP contribution in [0.5, 0.6) is 0 Å². The van der Waals surface area contributed by atoms with E-state index in [4.69, 9.17) is 0 Å². The second-order valence-electron chi connectivity index (χ2n) is 7.16. The maximum absolute atomic E-state index is 13.1. The summed E-state index contributed by atoms with van der Waals surface area (Å²) in [7, 11) is -7.79. The summed E-state index contributed by atoms with van der Waals surface area (Å²) in [6.45, 7) is 2.56. The number of nitro groups is 1. The van der Waals surface area contributed by atoms with Crippen molar-refractivity contribution in [3.63, 3.8) is 0 Å². The average molecular weight is 454 g/mol. The Morgan fingerprint density at radius 1 is 0.933 bits per heavy atom. The first-order valence-electron chi connectivity index (χ1n) is 9.49. The summed E-state index contributed by atoms with van der Waals surface area (Å²) < 4.78 is 55.4. The second kappa shape index (κ2) is 8.70. The number of hydrogen-bond acceptors (Lipinski definition) is 6. The summed E-state index contributed by atoms with van der Waals surface area (Å²) in [5, 5.41) is 10.7. The van der Waals surface area contributed by atoms with Crippen LogP contribution < -0.4 is 4.72 Å². The second-order valence-corrected chi connectivity index (χ2v) is 10.7. The quantitative estimate of drug-likeness (QED) is 0.528. The van der Waals surface area contributed by atoms with Crippen molar-refractivity contribution in [1.82, 2.24) is 4.31 Å². The normalized spacial score (nSPS) is 16.0. The van der Waals surface area contributed by atoms with E-state index in [2.05, 4.69) is 4.72 Å².